The minimum Gasteiger partial charge on any atom is -0.355 e. The van der Waals surface area contributed by atoms with Gasteiger partial charge in [-0.05, 0) is 19.9 Å². The second-order valence-corrected chi connectivity index (χ2v) is 3.95. The summed E-state index contributed by atoms with van der Waals surface area (Å²) in [6.45, 7) is 5.16. The number of hydrogen-bond acceptors (Lipinski definition) is 4. The van der Waals surface area contributed by atoms with Crippen molar-refractivity contribution in [1.29, 1.82) is 0 Å². The fourth-order valence-corrected chi connectivity index (χ4v) is 1.61. The molecule has 5 nitrogen and oxygen atoms in total. The molecule has 0 unspecified atom stereocenters. The lowest BCUT2D eigenvalue weighted by Crippen LogP contribution is -2.36. The molecule has 1 heterocycles. The molecular formula is C12H20N4O. The van der Waals surface area contributed by atoms with E-state index in [0.717, 1.165) is 17.1 Å². The Hall–Kier alpha value is -1.62. The van der Waals surface area contributed by atoms with Crippen LogP contribution in [0.1, 0.15) is 18.2 Å². The standard InChI is InChI=1S/C12H20N4O/c1-4-14-11(17)8-16(3)12-10(7-13)6-5-9(2)15-12/h5-6H,4,7-8,13H2,1-3H3,(H,14,17). The zero-order valence-electron chi connectivity index (χ0n) is 10.7. The molecule has 1 amide bonds. The van der Waals surface area contributed by atoms with E-state index in [1.165, 1.54) is 0 Å². The molecule has 0 radical (unpaired) electrons. The lowest BCUT2D eigenvalue weighted by Gasteiger charge is -2.20. The number of aryl methyl sites for hydroxylation is 1. The van der Waals surface area contributed by atoms with Gasteiger partial charge in [0, 0.05) is 31.4 Å². The third-order valence-corrected chi connectivity index (χ3v) is 2.43. The first kappa shape index (κ1) is 13.4. The van der Waals surface area contributed by atoms with Gasteiger partial charge in [0.15, 0.2) is 0 Å². The van der Waals surface area contributed by atoms with Crippen molar-refractivity contribution in [1.82, 2.24) is 10.3 Å². The maximum atomic E-state index is 11.5. The molecule has 1 aromatic heterocycles. The molecule has 0 aliphatic carbocycles. The van der Waals surface area contributed by atoms with E-state index >= 15 is 0 Å². The molecule has 17 heavy (non-hydrogen) atoms. The van der Waals surface area contributed by atoms with Crippen LogP contribution in [0.2, 0.25) is 0 Å². The van der Waals surface area contributed by atoms with E-state index in [1.54, 1.807) is 0 Å². The first-order valence-corrected chi connectivity index (χ1v) is 5.73. The average molecular weight is 236 g/mol. The fourth-order valence-electron chi connectivity index (χ4n) is 1.61. The van der Waals surface area contributed by atoms with Gasteiger partial charge in [-0.1, -0.05) is 6.07 Å². The largest absolute Gasteiger partial charge is 0.355 e. The van der Waals surface area contributed by atoms with Crippen molar-refractivity contribution in [2.24, 2.45) is 5.73 Å². The Morgan fingerprint density at radius 2 is 2.24 bits per heavy atom. The molecule has 94 valence electrons. The van der Waals surface area contributed by atoms with E-state index in [-0.39, 0.29) is 12.5 Å². The van der Waals surface area contributed by atoms with Crippen LogP contribution in [0.25, 0.3) is 0 Å². The molecule has 0 aromatic carbocycles. The highest BCUT2D eigenvalue weighted by Crippen LogP contribution is 2.16. The Kier molecular flexibility index (Phi) is 4.90. The normalized spacial score (nSPS) is 10.1. The van der Waals surface area contributed by atoms with Gasteiger partial charge in [-0.3, -0.25) is 4.79 Å². The first-order chi connectivity index (χ1) is 8.08. The molecule has 1 aromatic rings. The summed E-state index contributed by atoms with van der Waals surface area (Å²) in [6, 6.07) is 3.87. The second-order valence-electron chi connectivity index (χ2n) is 3.95. The SMILES string of the molecule is CCNC(=O)CN(C)c1nc(C)ccc1CN. The lowest BCUT2D eigenvalue weighted by atomic mass is 10.2. The molecule has 0 saturated heterocycles. The van der Waals surface area contributed by atoms with Gasteiger partial charge in [0.1, 0.15) is 5.82 Å². The Morgan fingerprint density at radius 3 is 2.82 bits per heavy atom. The number of nitrogens with one attached hydrogen (secondary N) is 1. The quantitative estimate of drug-likeness (QED) is 0.777. The number of anilines is 1. The molecule has 3 N–H and O–H groups in total. The predicted molar refractivity (Wildman–Crippen MR) is 68.8 cm³/mol. The van der Waals surface area contributed by atoms with Crippen molar-refractivity contribution >= 4 is 11.7 Å². The lowest BCUT2D eigenvalue weighted by molar-refractivity contribution is -0.119. The van der Waals surface area contributed by atoms with E-state index in [4.69, 9.17) is 5.73 Å². The molecular weight excluding hydrogens is 216 g/mol. The maximum absolute atomic E-state index is 11.5. The number of hydrogen-bond donors (Lipinski definition) is 2. The van der Waals surface area contributed by atoms with E-state index in [1.807, 2.05) is 37.9 Å². The zero-order valence-corrected chi connectivity index (χ0v) is 10.7. The highest BCUT2D eigenvalue weighted by molar-refractivity contribution is 5.81. The number of nitrogens with two attached hydrogens (primary N) is 1. The van der Waals surface area contributed by atoms with E-state index < -0.39 is 0 Å². The summed E-state index contributed by atoms with van der Waals surface area (Å²) in [5.41, 5.74) is 7.52. The monoisotopic (exact) mass is 236 g/mol. The minimum absolute atomic E-state index is 0.0127. The molecule has 0 spiro atoms. The van der Waals surface area contributed by atoms with Crippen molar-refractivity contribution in [3.05, 3.63) is 23.4 Å². The van der Waals surface area contributed by atoms with Crippen LogP contribution in [0.3, 0.4) is 0 Å². The van der Waals surface area contributed by atoms with Gasteiger partial charge in [-0.15, -0.1) is 0 Å². The van der Waals surface area contributed by atoms with Crippen molar-refractivity contribution in [2.75, 3.05) is 25.0 Å². The smallest absolute Gasteiger partial charge is 0.239 e. The number of aromatic nitrogens is 1. The highest BCUT2D eigenvalue weighted by Gasteiger charge is 2.11. The van der Waals surface area contributed by atoms with Gasteiger partial charge in [0.05, 0.1) is 6.54 Å². The van der Waals surface area contributed by atoms with Gasteiger partial charge in [-0.25, -0.2) is 4.98 Å². The summed E-state index contributed by atoms with van der Waals surface area (Å²) < 4.78 is 0. The van der Waals surface area contributed by atoms with Crippen LogP contribution in [0.15, 0.2) is 12.1 Å². The Balaban J connectivity index is 2.83. The topological polar surface area (TPSA) is 71.2 Å². The van der Waals surface area contributed by atoms with Crippen LogP contribution in [-0.4, -0.2) is 31.0 Å². The van der Waals surface area contributed by atoms with Crippen LogP contribution in [-0.2, 0) is 11.3 Å². The summed E-state index contributed by atoms with van der Waals surface area (Å²) in [4.78, 5) is 17.7. The zero-order chi connectivity index (χ0) is 12.8. The van der Waals surface area contributed by atoms with Crippen molar-refractivity contribution in [3.63, 3.8) is 0 Å². The van der Waals surface area contributed by atoms with Gasteiger partial charge in [0.25, 0.3) is 0 Å². The number of carbonyl (C=O) groups is 1. The van der Waals surface area contributed by atoms with Gasteiger partial charge >= 0.3 is 0 Å². The Morgan fingerprint density at radius 1 is 1.53 bits per heavy atom. The van der Waals surface area contributed by atoms with Crippen molar-refractivity contribution < 1.29 is 4.79 Å². The summed E-state index contributed by atoms with van der Waals surface area (Å²) in [5, 5.41) is 2.76. The molecule has 0 saturated carbocycles. The maximum Gasteiger partial charge on any atom is 0.239 e. The number of pyridine rings is 1. The van der Waals surface area contributed by atoms with Crippen molar-refractivity contribution in [2.45, 2.75) is 20.4 Å². The Bertz CT molecular complexity index is 392. The van der Waals surface area contributed by atoms with Crippen LogP contribution in [0, 0.1) is 6.92 Å². The summed E-state index contributed by atoms with van der Waals surface area (Å²) >= 11 is 0. The predicted octanol–water partition coefficient (Wildman–Crippen LogP) is 0.421. The fraction of sp³-hybridized carbons (Fsp3) is 0.500. The van der Waals surface area contributed by atoms with Crippen LogP contribution in [0.4, 0.5) is 5.82 Å². The van der Waals surface area contributed by atoms with Gasteiger partial charge in [0.2, 0.25) is 5.91 Å². The number of nitrogens with zero attached hydrogens (tertiary/aromatic N) is 2. The summed E-state index contributed by atoms with van der Waals surface area (Å²) in [7, 11) is 1.84. The second kappa shape index (κ2) is 6.20. The highest BCUT2D eigenvalue weighted by atomic mass is 16.2. The third-order valence-electron chi connectivity index (χ3n) is 2.43. The first-order valence-electron chi connectivity index (χ1n) is 5.73. The van der Waals surface area contributed by atoms with E-state index in [0.29, 0.717) is 13.1 Å². The molecule has 0 fully saturated rings. The van der Waals surface area contributed by atoms with Crippen LogP contribution in [0.5, 0.6) is 0 Å². The molecule has 0 bridgehead atoms. The van der Waals surface area contributed by atoms with E-state index in [2.05, 4.69) is 10.3 Å². The van der Waals surface area contributed by atoms with Gasteiger partial charge in [-0.2, -0.15) is 0 Å². The molecule has 5 heteroatoms. The number of amides is 1. The van der Waals surface area contributed by atoms with E-state index in [9.17, 15) is 4.79 Å². The van der Waals surface area contributed by atoms with Gasteiger partial charge < -0.3 is 16.0 Å². The molecule has 0 atom stereocenters. The number of carbonyl (C=O) groups excluding carboxylic acids is 1. The summed E-state index contributed by atoms with van der Waals surface area (Å²) in [6.07, 6.45) is 0. The minimum atomic E-state index is -0.0127. The Labute approximate surface area is 102 Å². The summed E-state index contributed by atoms with van der Waals surface area (Å²) in [5.74, 6) is 0.764. The third kappa shape index (κ3) is 3.71. The molecule has 0 aliphatic rings. The van der Waals surface area contributed by atoms with Crippen LogP contribution >= 0.6 is 0 Å². The molecule has 1 rings (SSSR count). The molecule has 0 aliphatic heterocycles. The van der Waals surface area contributed by atoms with Crippen LogP contribution < -0.4 is 16.0 Å². The average Bonchev–Trinajstić information content (AvgIpc) is 2.29. The van der Waals surface area contributed by atoms with Crippen molar-refractivity contribution in [3.8, 4) is 0 Å². The number of likely N-dealkylation sites (N-methyl/N-ethyl adjacent to an activating group) is 2. The number of rotatable bonds is 5.